The molecule has 1 unspecified atom stereocenters. The molecule has 0 radical (unpaired) electrons. The number of halogens is 1. The van der Waals surface area contributed by atoms with Crippen molar-refractivity contribution in [2.75, 3.05) is 32.2 Å². The number of nitrogens with one attached hydrogen (secondary N) is 1. The molecule has 1 saturated heterocycles. The van der Waals surface area contributed by atoms with E-state index in [4.69, 9.17) is 9.47 Å². The zero-order chi connectivity index (χ0) is 25.6. The van der Waals surface area contributed by atoms with Crippen molar-refractivity contribution in [2.45, 2.75) is 58.2 Å². The van der Waals surface area contributed by atoms with Gasteiger partial charge in [0.05, 0.1) is 18.9 Å². The Morgan fingerprint density at radius 2 is 2.03 bits per heavy atom. The van der Waals surface area contributed by atoms with Crippen molar-refractivity contribution >= 4 is 22.0 Å². The lowest BCUT2D eigenvalue weighted by atomic mass is 10.1. The number of sulfonamides is 1. The molecule has 196 valence electrons. The Labute approximate surface area is 205 Å². The lowest BCUT2D eigenvalue weighted by Gasteiger charge is -2.19. The molecule has 0 bridgehead atoms. The van der Waals surface area contributed by atoms with Crippen LogP contribution in [0.25, 0.3) is 0 Å². The first-order chi connectivity index (χ1) is 16.6. The maximum Gasteiger partial charge on any atom is 0.324 e. The molecule has 35 heavy (non-hydrogen) atoms. The van der Waals surface area contributed by atoms with E-state index in [1.165, 1.54) is 24.0 Å². The zero-order valence-corrected chi connectivity index (χ0v) is 20.9. The van der Waals surface area contributed by atoms with Crippen LogP contribution in [0.2, 0.25) is 0 Å². The number of rotatable bonds is 14. The van der Waals surface area contributed by atoms with E-state index in [9.17, 15) is 27.5 Å². The van der Waals surface area contributed by atoms with Gasteiger partial charge in [0.2, 0.25) is 10.0 Å². The summed E-state index contributed by atoms with van der Waals surface area (Å²) in [5, 5.41) is 9.97. The molecule has 1 heterocycles. The quantitative estimate of drug-likeness (QED) is 0.288. The first-order valence-corrected chi connectivity index (χ1v) is 13.5. The van der Waals surface area contributed by atoms with Gasteiger partial charge in [-0.1, -0.05) is 12.5 Å². The normalized spacial score (nSPS) is 19.2. The van der Waals surface area contributed by atoms with Crippen molar-refractivity contribution in [2.24, 2.45) is 5.92 Å². The number of aliphatic hydroxyl groups excluding tert-OH is 1. The number of urea groups is 1. The first kappa shape index (κ1) is 27.2. The molecule has 2 fully saturated rings. The highest BCUT2D eigenvalue weighted by atomic mass is 32.2. The summed E-state index contributed by atoms with van der Waals surface area (Å²) >= 11 is 0. The van der Waals surface area contributed by atoms with Crippen LogP contribution < -0.4 is 9.46 Å². The van der Waals surface area contributed by atoms with E-state index in [-0.39, 0.29) is 24.8 Å². The van der Waals surface area contributed by atoms with Crippen LogP contribution in [-0.4, -0.2) is 73.7 Å². The van der Waals surface area contributed by atoms with Crippen LogP contribution in [0.5, 0.6) is 5.75 Å². The Morgan fingerprint density at radius 1 is 1.29 bits per heavy atom. The van der Waals surface area contributed by atoms with Gasteiger partial charge in [0, 0.05) is 19.5 Å². The number of ether oxygens (including phenoxy) is 2. The van der Waals surface area contributed by atoms with Gasteiger partial charge < -0.3 is 19.5 Å². The Kier molecular flexibility index (Phi) is 9.31. The number of β-amino-alcohol motifs (C(OH)–C–C–N with tert-alkyl or cyclic N) is 1. The number of esters is 1. The van der Waals surface area contributed by atoms with E-state index in [1.54, 1.807) is 13.0 Å². The molecule has 2 aliphatic rings. The molecule has 2 amide bonds. The largest absolute Gasteiger partial charge is 0.490 e. The van der Waals surface area contributed by atoms with Crippen LogP contribution in [0.15, 0.2) is 18.2 Å². The molecule has 1 aromatic rings. The van der Waals surface area contributed by atoms with E-state index in [1.807, 2.05) is 0 Å². The number of unbranched alkanes of at least 4 members (excludes halogenated alkanes) is 2. The number of benzene rings is 1. The molecule has 1 aliphatic carbocycles. The number of hydrogen-bond donors (Lipinski definition) is 2. The van der Waals surface area contributed by atoms with Crippen molar-refractivity contribution in [1.82, 2.24) is 14.5 Å². The van der Waals surface area contributed by atoms with Gasteiger partial charge in [0.1, 0.15) is 0 Å². The van der Waals surface area contributed by atoms with Crippen LogP contribution in [0.1, 0.15) is 57.6 Å². The van der Waals surface area contributed by atoms with Crippen LogP contribution in [0.3, 0.4) is 0 Å². The van der Waals surface area contributed by atoms with E-state index < -0.39 is 40.1 Å². The predicted molar refractivity (Wildman–Crippen MR) is 125 cm³/mol. The lowest BCUT2D eigenvalue weighted by molar-refractivity contribution is -0.146. The SMILES string of the molecule is CC(=O)OCN1C(=O)N(CCCCCS(=O)(=O)N[C@H](C)c2ccc(F)c(OCC3CC3)c2)CC1O. The first-order valence-electron chi connectivity index (χ1n) is 11.8. The molecule has 1 aliphatic heterocycles. The summed E-state index contributed by atoms with van der Waals surface area (Å²) in [6.07, 6.45) is 2.63. The highest BCUT2D eigenvalue weighted by Crippen LogP contribution is 2.31. The highest BCUT2D eigenvalue weighted by Gasteiger charge is 2.36. The second kappa shape index (κ2) is 12.0. The topological polar surface area (TPSA) is 125 Å². The van der Waals surface area contributed by atoms with Crippen molar-refractivity contribution in [3.8, 4) is 5.75 Å². The molecule has 2 atom stereocenters. The van der Waals surface area contributed by atoms with Gasteiger partial charge in [0.15, 0.2) is 24.5 Å². The lowest BCUT2D eigenvalue weighted by Crippen LogP contribution is -2.37. The van der Waals surface area contributed by atoms with Crippen LogP contribution in [0, 0.1) is 11.7 Å². The number of aliphatic hydroxyl groups is 1. The molecule has 1 aromatic carbocycles. The molecule has 2 N–H and O–H groups in total. The number of nitrogens with zero attached hydrogens (tertiary/aromatic N) is 2. The van der Waals surface area contributed by atoms with Gasteiger partial charge in [-0.3, -0.25) is 9.69 Å². The van der Waals surface area contributed by atoms with Crippen LogP contribution >= 0.6 is 0 Å². The summed E-state index contributed by atoms with van der Waals surface area (Å²) in [7, 11) is -3.57. The standard InChI is InChI=1S/C23H34FN3O7S/c1-16(19-8-9-20(24)21(12-19)33-14-18-6-7-18)25-35(31,32)11-5-3-4-10-26-13-22(29)27(23(26)30)15-34-17(2)28/h8-9,12,16,18,22,25,29H,3-7,10-11,13-15H2,1-2H3/t16-,22?/m1/s1. The third-order valence-corrected chi connectivity index (χ3v) is 7.53. The maximum atomic E-state index is 14.0. The summed E-state index contributed by atoms with van der Waals surface area (Å²) in [4.78, 5) is 25.7. The fourth-order valence-electron chi connectivity index (χ4n) is 3.73. The Balaban J connectivity index is 1.39. The minimum absolute atomic E-state index is 0.0846. The molecular formula is C23H34FN3O7S. The second-order valence-corrected chi connectivity index (χ2v) is 11.0. The highest BCUT2D eigenvalue weighted by molar-refractivity contribution is 7.89. The average Bonchev–Trinajstić information content (AvgIpc) is 3.57. The van der Waals surface area contributed by atoms with Gasteiger partial charge in [-0.25, -0.2) is 22.3 Å². The average molecular weight is 516 g/mol. The number of hydrogen-bond acceptors (Lipinski definition) is 7. The Hall–Kier alpha value is -2.44. The van der Waals surface area contributed by atoms with Gasteiger partial charge >= 0.3 is 12.0 Å². The monoisotopic (exact) mass is 515 g/mol. The van der Waals surface area contributed by atoms with Crippen LogP contribution in [0.4, 0.5) is 9.18 Å². The van der Waals surface area contributed by atoms with E-state index in [0.29, 0.717) is 43.9 Å². The molecule has 3 rings (SSSR count). The van der Waals surface area contributed by atoms with Crippen LogP contribution in [-0.2, 0) is 19.6 Å². The smallest absolute Gasteiger partial charge is 0.324 e. The Bertz CT molecular complexity index is 1000. The third-order valence-electron chi connectivity index (χ3n) is 5.99. The van der Waals surface area contributed by atoms with Gasteiger partial charge in [-0.05, 0) is 56.2 Å². The second-order valence-electron chi connectivity index (χ2n) is 9.11. The molecular weight excluding hydrogens is 481 g/mol. The molecule has 0 spiro atoms. The Morgan fingerprint density at radius 3 is 2.71 bits per heavy atom. The number of carbonyl (C=O) groups is 2. The van der Waals surface area contributed by atoms with Crippen molar-refractivity contribution < 1.29 is 37.0 Å². The minimum Gasteiger partial charge on any atom is -0.490 e. The summed E-state index contributed by atoms with van der Waals surface area (Å²) in [5.41, 5.74) is 0.616. The molecule has 12 heteroatoms. The maximum absolute atomic E-state index is 14.0. The van der Waals surface area contributed by atoms with Crippen molar-refractivity contribution in [3.05, 3.63) is 29.6 Å². The van der Waals surface area contributed by atoms with Gasteiger partial charge in [0.25, 0.3) is 0 Å². The van der Waals surface area contributed by atoms with Gasteiger partial charge in [-0.15, -0.1) is 0 Å². The van der Waals surface area contributed by atoms with E-state index in [2.05, 4.69) is 4.72 Å². The van der Waals surface area contributed by atoms with Crippen molar-refractivity contribution in [3.63, 3.8) is 0 Å². The fraction of sp³-hybridized carbons (Fsp3) is 0.652. The number of amides is 2. The third kappa shape index (κ3) is 8.32. The summed E-state index contributed by atoms with van der Waals surface area (Å²) in [5.74, 6) is -0.494. The van der Waals surface area contributed by atoms with E-state index >= 15 is 0 Å². The molecule has 10 nitrogen and oxygen atoms in total. The van der Waals surface area contributed by atoms with Gasteiger partial charge in [-0.2, -0.15) is 0 Å². The van der Waals surface area contributed by atoms with Crippen molar-refractivity contribution in [1.29, 1.82) is 0 Å². The fourth-order valence-corrected chi connectivity index (χ4v) is 5.11. The molecule has 0 aromatic heterocycles. The summed E-state index contributed by atoms with van der Waals surface area (Å²) in [6.45, 7) is 3.52. The summed E-state index contributed by atoms with van der Waals surface area (Å²) < 4.78 is 52.0. The minimum atomic E-state index is -3.57. The van der Waals surface area contributed by atoms with E-state index in [0.717, 1.165) is 17.7 Å². The number of carbonyl (C=O) groups excluding carboxylic acids is 2. The molecule has 1 saturated carbocycles. The predicted octanol–water partition coefficient (Wildman–Crippen LogP) is 2.34. The zero-order valence-electron chi connectivity index (χ0n) is 20.1. The summed E-state index contributed by atoms with van der Waals surface area (Å²) in [6, 6.07) is 3.39.